The zero-order valence-corrected chi connectivity index (χ0v) is 13.2. The van der Waals surface area contributed by atoms with Crippen molar-refractivity contribution in [1.29, 1.82) is 0 Å². The average molecular weight is 316 g/mol. The molecule has 3 nitrogen and oxygen atoms in total. The van der Waals surface area contributed by atoms with E-state index in [0.717, 1.165) is 17.7 Å². The van der Waals surface area contributed by atoms with Crippen molar-refractivity contribution < 1.29 is 19.0 Å². The fraction of sp³-hybridized carbons (Fsp3) is 0.316. The van der Waals surface area contributed by atoms with E-state index in [0.29, 0.717) is 25.0 Å². The SMILES string of the molecule is CCc1ccccc1OCCCC(C(=O)O)c1cccc(F)c1. The van der Waals surface area contributed by atoms with Gasteiger partial charge in [0, 0.05) is 0 Å². The number of aliphatic carboxylic acids is 1. The quantitative estimate of drug-likeness (QED) is 0.734. The van der Waals surface area contributed by atoms with Crippen LogP contribution < -0.4 is 4.74 Å². The molecule has 0 radical (unpaired) electrons. The summed E-state index contributed by atoms with van der Waals surface area (Å²) in [5.74, 6) is -1.23. The molecule has 23 heavy (non-hydrogen) atoms. The zero-order valence-electron chi connectivity index (χ0n) is 13.2. The number of hydrogen-bond donors (Lipinski definition) is 1. The number of ether oxygens (including phenoxy) is 1. The summed E-state index contributed by atoms with van der Waals surface area (Å²) in [7, 11) is 0. The molecule has 1 unspecified atom stereocenters. The van der Waals surface area contributed by atoms with Crippen molar-refractivity contribution in [3.05, 3.63) is 65.5 Å². The number of hydrogen-bond acceptors (Lipinski definition) is 2. The lowest BCUT2D eigenvalue weighted by atomic mass is 9.94. The van der Waals surface area contributed by atoms with E-state index in [1.54, 1.807) is 6.07 Å². The smallest absolute Gasteiger partial charge is 0.310 e. The summed E-state index contributed by atoms with van der Waals surface area (Å²) in [5.41, 5.74) is 1.62. The van der Waals surface area contributed by atoms with Crippen LogP contribution in [0.1, 0.15) is 36.8 Å². The third-order valence-corrected chi connectivity index (χ3v) is 3.80. The molecular weight excluding hydrogens is 295 g/mol. The number of halogens is 1. The molecule has 0 aliphatic carbocycles. The van der Waals surface area contributed by atoms with Crippen LogP contribution in [-0.4, -0.2) is 17.7 Å². The molecule has 0 saturated heterocycles. The van der Waals surface area contributed by atoms with Gasteiger partial charge in [0.15, 0.2) is 0 Å². The summed E-state index contributed by atoms with van der Waals surface area (Å²) in [6.07, 6.45) is 1.88. The summed E-state index contributed by atoms with van der Waals surface area (Å²) in [6.45, 7) is 2.50. The van der Waals surface area contributed by atoms with Crippen LogP contribution in [0, 0.1) is 5.82 Å². The lowest BCUT2D eigenvalue weighted by Gasteiger charge is -2.14. The van der Waals surface area contributed by atoms with Crippen molar-refractivity contribution in [3.63, 3.8) is 0 Å². The highest BCUT2D eigenvalue weighted by Crippen LogP contribution is 2.23. The second-order valence-corrected chi connectivity index (χ2v) is 5.40. The summed E-state index contributed by atoms with van der Waals surface area (Å²) in [4.78, 5) is 11.4. The highest BCUT2D eigenvalue weighted by molar-refractivity contribution is 5.76. The van der Waals surface area contributed by atoms with Gasteiger partial charge in [-0.3, -0.25) is 4.79 Å². The normalized spacial score (nSPS) is 11.9. The number of rotatable bonds is 8. The lowest BCUT2D eigenvalue weighted by molar-refractivity contribution is -0.139. The van der Waals surface area contributed by atoms with Crippen molar-refractivity contribution in [1.82, 2.24) is 0 Å². The zero-order chi connectivity index (χ0) is 16.7. The minimum absolute atomic E-state index is 0.410. The highest BCUT2D eigenvalue weighted by atomic mass is 19.1. The molecule has 2 aromatic rings. The molecular formula is C19H21FO3. The summed E-state index contributed by atoms with van der Waals surface area (Å²) < 4.78 is 19.0. The first-order chi connectivity index (χ1) is 11.1. The maximum atomic E-state index is 13.3. The average Bonchev–Trinajstić information content (AvgIpc) is 2.54. The van der Waals surface area contributed by atoms with E-state index in [1.807, 2.05) is 24.3 Å². The molecule has 0 amide bonds. The van der Waals surface area contributed by atoms with E-state index in [1.165, 1.54) is 18.2 Å². The van der Waals surface area contributed by atoms with Crippen LogP contribution in [-0.2, 0) is 11.2 Å². The van der Waals surface area contributed by atoms with E-state index < -0.39 is 17.7 Å². The molecule has 1 N–H and O–H groups in total. The minimum atomic E-state index is -0.940. The summed E-state index contributed by atoms with van der Waals surface area (Å²) in [5, 5.41) is 9.35. The predicted molar refractivity (Wildman–Crippen MR) is 87.3 cm³/mol. The number of aryl methyl sites for hydroxylation is 1. The Labute approximate surface area is 135 Å². The Hall–Kier alpha value is -2.36. The fourth-order valence-corrected chi connectivity index (χ4v) is 2.56. The molecule has 2 rings (SSSR count). The van der Waals surface area contributed by atoms with Gasteiger partial charge in [-0.05, 0) is 48.6 Å². The first-order valence-corrected chi connectivity index (χ1v) is 7.80. The van der Waals surface area contributed by atoms with Gasteiger partial charge in [0.25, 0.3) is 0 Å². The van der Waals surface area contributed by atoms with Gasteiger partial charge in [0.05, 0.1) is 12.5 Å². The van der Waals surface area contributed by atoms with Gasteiger partial charge >= 0.3 is 5.97 Å². The van der Waals surface area contributed by atoms with Gasteiger partial charge in [-0.1, -0.05) is 37.3 Å². The van der Waals surface area contributed by atoms with Crippen molar-refractivity contribution in [2.45, 2.75) is 32.1 Å². The number of carbonyl (C=O) groups is 1. The third kappa shape index (κ3) is 4.81. The number of carboxylic acids is 1. The predicted octanol–water partition coefficient (Wildman–Crippen LogP) is 4.42. The fourth-order valence-electron chi connectivity index (χ4n) is 2.56. The Balaban J connectivity index is 1.91. The van der Waals surface area contributed by atoms with Gasteiger partial charge < -0.3 is 9.84 Å². The second-order valence-electron chi connectivity index (χ2n) is 5.40. The van der Waals surface area contributed by atoms with Gasteiger partial charge in [-0.15, -0.1) is 0 Å². The van der Waals surface area contributed by atoms with Crippen molar-refractivity contribution in [2.75, 3.05) is 6.61 Å². The number of carboxylic acid groups (broad SMARTS) is 1. The van der Waals surface area contributed by atoms with Crippen LogP contribution in [0.2, 0.25) is 0 Å². The Morgan fingerprint density at radius 1 is 1.22 bits per heavy atom. The molecule has 0 fully saturated rings. The van der Waals surface area contributed by atoms with Gasteiger partial charge in [-0.25, -0.2) is 4.39 Å². The molecule has 1 atom stereocenters. The first-order valence-electron chi connectivity index (χ1n) is 7.80. The minimum Gasteiger partial charge on any atom is -0.493 e. The standard InChI is InChI=1S/C19H21FO3/c1-2-14-7-3-4-11-18(14)23-12-6-10-17(19(21)22)15-8-5-9-16(20)13-15/h3-5,7-9,11,13,17H,2,6,10,12H2,1H3,(H,21,22). The third-order valence-electron chi connectivity index (χ3n) is 3.80. The summed E-state index contributed by atoms with van der Waals surface area (Å²) >= 11 is 0. The Kier molecular flexibility index (Phi) is 6.15. The topological polar surface area (TPSA) is 46.5 Å². The second kappa shape index (κ2) is 8.32. The molecule has 0 aromatic heterocycles. The van der Waals surface area contributed by atoms with Crippen molar-refractivity contribution in [2.24, 2.45) is 0 Å². The largest absolute Gasteiger partial charge is 0.493 e. The Bertz CT molecular complexity index is 655. The molecule has 0 spiro atoms. The van der Waals surface area contributed by atoms with E-state index in [9.17, 15) is 14.3 Å². The van der Waals surface area contributed by atoms with Crippen LogP contribution in [0.15, 0.2) is 48.5 Å². The highest BCUT2D eigenvalue weighted by Gasteiger charge is 2.19. The summed E-state index contributed by atoms with van der Waals surface area (Å²) in [6, 6.07) is 13.6. The maximum Gasteiger partial charge on any atom is 0.310 e. The molecule has 2 aromatic carbocycles. The maximum absolute atomic E-state index is 13.3. The molecule has 122 valence electrons. The van der Waals surface area contributed by atoms with Gasteiger partial charge in [-0.2, -0.15) is 0 Å². The molecule has 0 heterocycles. The van der Waals surface area contributed by atoms with Crippen LogP contribution in [0.25, 0.3) is 0 Å². The number of benzene rings is 2. The van der Waals surface area contributed by atoms with Crippen molar-refractivity contribution in [3.8, 4) is 5.75 Å². The first kappa shape index (κ1) is 17.0. The molecule has 0 aliphatic heterocycles. The molecule has 4 heteroatoms. The number of para-hydroxylation sites is 1. The molecule has 0 aliphatic rings. The van der Waals surface area contributed by atoms with E-state index in [4.69, 9.17) is 4.74 Å². The van der Waals surface area contributed by atoms with Crippen molar-refractivity contribution >= 4 is 5.97 Å². The Morgan fingerprint density at radius 3 is 2.70 bits per heavy atom. The molecule has 0 saturated carbocycles. The molecule has 0 bridgehead atoms. The lowest BCUT2D eigenvalue weighted by Crippen LogP contribution is -2.13. The monoisotopic (exact) mass is 316 g/mol. The van der Waals surface area contributed by atoms with Gasteiger partial charge in [0.2, 0.25) is 0 Å². The van der Waals surface area contributed by atoms with E-state index in [2.05, 4.69) is 6.92 Å². The Morgan fingerprint density at radius 2 is 2.00 bits per heavy atom. The van der Waals surface area contributed by atoms with E-state index in [-0.39, 0.29) is 0 Å². The van der Waals surface area contributed by atoms with E-state index >= 15 is 0 Å². The van der Waals surface area contributed by atoms with Crippen LogP contribution in [0.3, 0.4) is 0 Å². The van der Waals surface area contributed by atoms with Crippen LogP contribution in [0.5, 0.6) is 5.75 Å². The van der Waals surface area contributed by atoms with Gasteiger partial charge in [0.1, 0.15) is 11.6 Å². The van der Waals surface area contributed by atoms with Crippen LogP contribution >= 0.6 is 0 Å². The van der Waals surface area contributed by atoms with Crippen LogP contribution in [0.4, 0.5) is 4.39 Å².